The number of carbonyl (C=O) groups is 1. The Balaban J connectivity index is 2.22. The van der Waals surface area contributed by atoms with E-state index in [9.17, 15) is 35.4 Å². The van der Waals surface area contributed by atoms with Gasteiger partial charge in [-0.05, 0) is 0 Å². The summed E-state index contributed by atoms with van der Waals surface area (Å²) in [6.45, 7) is -0.0663. The van der Waals surface area contributed by atoms with Gasteiger partial charge in [0.15, 0.2) is 12.6 Å². The number of aliphatic hydroxyl groups excluding tert-OH is 6. The lowest BCUT2D eigenvalue weighted by molar-refractivity contribution is -0.344. The van der Waals surface area contributed by atoms with Gasteiger partial charge >= 0.3 is 0 Å². The van der Waals surface area contributed by atoms with Crippen LogP contribution in [0.2, 0.25) is 0 Å². The maximum Gasteiger partial charge on any atom is 0.217 e. The lowest BCUT2D eigenvalue weighted by Crippen LogP contribution is -2.67. The van der Waals surface area contributed by atoms with Crippen LogP contribution in [0.25, 0.3) is 0 Å². The van der Waals surface area contributed by atoms with Crippen molar-refractivity contribution in [2.75, 3.05) is 20.3 Å². The van der Waals surface area contributed by atoms with Crippen LogP contribution < -0.4 is 5.32 Å². The summed E-state index contributed by atoms with van der Waals surface area (Å²) in [6, 6.07) is -1.25. The molecule has 10 atom stereocenters. The molecule has 2 aliphatic rings. The summed E-state index contributed by atoms with van der Waals surface area (Å²) in [5, 5.41) is 61.8. The fourth-order valence-corrected chi connectivity index (χ4v) is 3.16. The van der Waals surface area contributed by atoms with Gasteiger partial charge < -0.3 is 54.9 Å². The number of hydrogen-bond donors (Lipinski definition) is 7. The Morgan fingerprint density at radius 2 is 1.52 bits per heavy atom. The molecule has 12 heteroatoms. The van der Waals surface area contributed by atoms with E-state index in [1.807, 2.05) is 0 Å². The molecular formula is C15H27NO11. The highest BCUT2D eigenvalue weighted by molar-refractivity contribution is 5.73. The molecule has 0 aromatic rings. The topological polar surface area (TPSA) is 187 Å². The molecule has 0 unspecified atom stereocenters. The molecule has 1 amide bonds. The van der Waals surface area contributed by atoms with Gasteiger partial charge in [-0.2, -0.15) is 0 Å². The molecule has 12 nitrogen and oxygen atoms in total. The Kier molecular flexibility index (Phi) is 7.88. The number of ether oxygens (including phenoxy) is 4. The van der Waals surface area contributed by atoms with Crippen LogP contribution in [0.5, 0.6) is 0 Å². The van der Waals surface area contributed by atoms with Crippen molar-refractivity contribution in [1.29, 1.82) is 0 Å². The van der Waals surface area contributed by atoms with Crippen molar-refractivity contribution < 1.29 is 54.4 Å². The molecule has 0 aliphatic carbocycles. The van der Waals surface area contributed by atoms with Crippen LogP contribution in [0.4, 0.5) is 0 Å². The van der Waals surface area contributed by atoms with Crippen LogP contribution >= 0.6 is 0 Å². The second-order valence-corrected chi connectivity index (χ2v) is 6.48. The van der Waals surface area contributed by atoms with Gasteiger partial charge in [0.25, 0.3) is 0 Å². The van der Waals surface area contributed by atoms with Gasteiger partial charge in [0.2, 0.25) is 5.91 Å². The van der Waals surface area contributed by atoms with Crippen LogP contribution in [0, 0.1) is 0 Å². The van der Waals surface area contributed by atoms with E-state index in [0.717, 1.165) is 0 Å². The molecule has 0 aromatic heterocycles. The minimum absolute atomic E-state index is 0.551. The van der Waals surface area contributed by atoms with Gasteiger partial charge in [0.1, 0.15) is 48.8 Å². The van der Waals surface area contributed by atoms with Crippen LogP contribution in [-0.2, 0) is 23.7 Å². The highest BCUT2D eigenvalue weighted by Gasteiger charge is 2.51. The van der Waals surface area contributed by atoms with Crippen LogP contribution in [0.15, 0.2) is 0 Å². The second-order valence-electron chi connectivity index (χ2n) is 6.48. The third-order valence-electron chi connectivity index (χ3n) is 4.59. The molecular weight excluding hydrogens is 370 g/mol. The molecule has 2 fully saturated rings. The van der Waals surface area contributed by atoms with Crippen molar-refractivity contribution in [2.24, 2.45) is 0 Å². The average Bonchev–Trinajstić information content (AvgIpc) is 2.64. The van der Waals surface area contributed by atoms with Gasteiger partial charge in [0, 0.05) is 14.0 Å². The Morgan fingerprint density at radius 3 is 2.04 bits per heavy atom. The molecule has 7 N–H and O–H groups in total. The highest BCUT2D eigenvalue weighted by atomic mass is 16.7. The first-order valence-corrected chi connectivity index (χ1v) is 8.45. The largest absolute Gasteiger partial charge is 0.394 e. The number of amides is 1. The summed E-state index contributed by atoms with van der Waals surface area (Å²) in [5.74, 6) is -0.551. The zero-order valence-corrected chi connectivity index (χ0v) is 14.9. The fraction of sp³-hybridized carbons (Fsp3) is 0.933. The van der Waals surface area contributed by atoms with Crippen molar-refractivity contribution in [1.82, 2.24) is 5.32 Å². The Labute approximate surface area is 155 Å². The average molecular weight is 397 g/mol. The molecule has 0 radical (unpaired) electrons. The van der Waals surface area contributed by atoms with E-state index >= 15 is 0 Å². The summed E-state index contributed by atoms with van der Waals surface area (Å²) in [7, 11) is 1.25. The standard InChI is InChI=1S/C15H27NO11/c1-5(19)16-8-10(21)9(20)6(3-17)25-14(8)27-13-7(4-18)26-15(24-2)12(23)11(13)22/h6-15,17-18,20-23H,3-4H2,1-2H3,(H,16,19)/t6-,7-,8-,9-,10-,11-,12-,13+,14-,15+/m1/s1. The number of aliphatic hydroxyl groups is 6. The Morgan fingerprint density at radius 1 is 0.926 bits per heavy atom. The minimum atomic E-state index is -1.56. The zero-order chi connectivity index (χ0) is 20.3. The zero-order valence-electron chi connectivity index (χ0n) is 14.9. The highest BCUT2D eigenvalue weighted by Crippen LogP contribution is 2.29. The minimum Gasteiger partial charge on any atom is -0.394 e. The number of carbonyl (C=O) groups excluding carboxylic acids is 1. The van der Waals surface area contributed by atoms with E-state index in [2.05, 4.69) is 5.32 Å². The number of hydrogen-bond acceptors (Lipinski definition) is 11. The fourth-order valence-electron chi connectivity index (χ4n) is 3.16. The lowest BCUT2D eigenvalue weighted by Gasteiger charge is -2.46. The molecule has 0 aromatic carbocycles. The molecule has 0 spiro atoms. The van der Waals surface area contributed by atoms with E-state index < -0.39 is 80.5 Å². The van der Waals surface area contributed by atoms with E-state index in [0.29, 0.717) is 0 Å². The van der Waals surface area contributed by atoms with Gasteiger partial charge in [-0.25, -0.2) is 0 Å². The van der Waals surface area contributed by atoms with Gasteiger partial charge in [-0.1, -0.05) is 0 Å². The Bertz CT molecular complexity index is 492. The van der Waals surface area contributed by atoms with Gasteiger partial charge in [0.05, 0.1) is 13.2 Å². The van der Waals surface area contributed by atoms with Gasteiger partial charge in [-0.3, -0.25) is 4.79 Å². The van der Waals surface area contributed by atoms with E-state index in [1.54, 1.807) is 0 Å². The van der Waals surface area contributed by atoms with Crippen molar-refractivity contribution in [3.63, 3.8) is 0 Å². The third kappa shape index (κ3) is 4.74. The summed E-state index contributed by atoms with van der Waals surface area (Å²) in [5.41, 5.74) is 0. The van der Waals surface area contributed by atoms with Crippen molar-refractivity contribution >= 4 is 5.91 Å². The Hall–Kier alpha value is -0.930. The van der Waals surface area contributed by atoms with Gasteiger partial charge in [-0.15, -0.1) is 0 Å². The molecule has 27 heavy (non-hydrogen) atoms. The van der Waals surface area contributed by atoms with Crippen molar-refractivity contribution in [3.05, 3.63) is 0 Å². The van der Waals surface area contributed by atoms with Crippen molar-refractivity contribution in [3.8, 4) is 0 Å². The van der Waals surface area contributed by atoms with Crippen LogP contribution in [0.1, 0.15) is 6.92 Å². The summed E-state index contributed by atoms with van der Waals surface area (Å²) < 4.78 is 21.2. The number of methoxy groups -OCH3 is 1. The molecule has 0 bridgehead atoms. The number of rotatable bonds is 6. The monoisotopic (exact) mass is 397 g/mol. The van der Waals surface area contributed by atoms with E-state index in [4.69, 9.17) is 18.9 Å². The molecule has 0 saturated carbocycles. The summed E-state index contributed by atoms with van der Waals surface area (Å²) in [6.07, 6.45) is -12.4. The molecule has 2 aliphatic heterocycles. The SMILES string of the molecule is CO[C@H]1O[C@H](CO)[C@H](O[C@H]2O[C@H](CO)[C@@H](O)[C@H](O)[C@H]2NC(C)=O)[C@H](O)[C@H]1O. The maximum absolute atomic E-state index is 11.4. The van der Waals surface area contributed by atoms with E-state index in [1.165, 1.54) is 14.0 Å². The van der Waals surface area contributed by atoms with Crippen LogP contribution in [0.3, 0.4) is 0 Å². The second kappa shape index (κ2) is 9.52. The predicted molar refractivity (Wildman–Crippen MR) is 85.0 cm³/mol. The summed E-state index contributed by atoms with van der Waals surface area (Å²) >= 11 is 0. The first kappa shape index (κ1) is 22.4. The number of nitrogens with one attached hydrogen (secondary N) is 1. The first-order valence-electron chi connectivity index (χ1n) is 8.45. The summed E-state index contributed by atoms with van der Waals surface area (Å²) in [4.78, 5) is 11.4. The predicted octanol–water partition coefficient (Wildman–Crippen LogP) is -4.60. The smallest absolute Gasteiger partial charge is 0.217 e. The normalized spacial score (nSPS) is 45.5. The van der Waals surface area contributed by atoms with Crippen molar-refractivity contribution in [2.45, 2.75) is 68.3 Å². The molecule has 158 valence electrons. The first-order chi connectivity index (χ1) is 12.7. The third-order valence-corrected chi connectivity index (χ3v) is 4.59. The van der Waals surface area contributed by atoms with E-state index in [-0.39, 0.29) is 0 Å². The lowest BCUT2D eigenvalue weighted by atomic mass is 9.95. The quantitative estimate of drug-likeness (QED) is 0.228. The molecule has 2 saturated heterocycles. The van der Waals surface area contributed by atoms with Crippen LogP contribution in [-0.4, -0.2) is 118 Å². The molecule has 2 rings (SSSR count). The maximum atomic E-state index is 11.4. The molecule has 2 heterocycles.